The molecule has 0 aliphatic heterocycles. The molecule has 13 heavy (non-hydrogen) atoms. The molecule has 0 N–H and O–H groups in total. The molecule has 1 aromatic carbocycles. The lowest BCUT2D eigenvalue weighted by Crippen LogP contribution is -1.86. The molecule has 1 saturated carbocycles. The summed E-state index contributed by atoms with van der Waals surface area (Å²) in [5.74, 6) is 2.71. The van der Waals surface area contributed by atoms with E-state index in [2.05, 4.69) is 25.1 Å². The Morgan fingerprint density at radius 3 is 2.92 bits per heavy atom. The third-order valence-corrected chi connectivity index (χ3v) is 2.97. The summed E-state index contributed by atoms with van der Waals surface area (Å²) in [6.07, 6.45) is 2.67. The Balaban J connectivity index is 2.13. The fourth-order valence-electron chi connectivity index (χ4n) is 1.98. The summed E-state index contributed by atoms with van der Waals surface area (Å²) in [4.78, 5) is 0. The summed E-state index contributed by atoms with van der Waals surface area (Å²) in [5.41, 5.74) is 1.45. The fraction of sp³-hybridized carbons (Fsp3) is 0.500. The van der Waals surface area contributed by atoms with Crippen molar-refractivity contribution in [2.75, 3.05) is 7.11 Å². The van der Waals surface area contributed by atoms with Crippen molar-refractivity contribution in [1.82, 2.24) is 0 Å². The van der Waals surface area contributed by atoms with Crippen LogP contribution < -0.4 is 4.74 Å². The highest BCUT2D eigenvalue weighted by Gasteiger charge is 2.36. The molecule has 0 spiro atoms. The number of benzene rings is 1. The zero-order chi connectivity index (χ0) is 9.26. The molecule has 1 aliphatic rings. The Morgan fingerprint density at radius 1 is 1.46 bits per heavy atom. The molecule has 0 bridgehead atoms. The first-order valence-corrected chi connectivity index (χ1v) is 4.99. The van der Waals surface area contributed by atoms with Gasteiger partial charge in [0.05, 0.1) is 7.11 Å². The topological polar surface area (TPSA) is 9.23 Å². The lowest BCUT2D eigenvalue weighted by atomic mass is 10.1. The van der Waals surface area contributed by atoms with Gasteiger partial charge < -0.3 is 4.74 Å². The van der Waals surface area contributed by atoms with Crippen molar-refractivity contribution in [3.05, 3.63) is 29.8 Å². The van der Waals surface area contributed by atoms with E-state index in [-0.39, 0.29) is 0 Å². The molecule has 0 radical (unpaired) electrons. The monoisotopic (exact) mass is 176 g/mol. The molecular weight excluding hydrogens is 160 g/mol. The van der Waals surface area contributed by atoms with Gasteiger partial charge in [0.1, 0.15) is 5.75 Å². The quantitative estimate of drug-likeness (QED) is 0.687. The normalized spacial score (nSPS) is 25.7. The van der Waals surface area contributed by atoms with Crippen LogP contribution in [0.5, 0.6) is 5.75 Å². The van der Waals surface area contributed by atoms with Gasteiger partial charge in [-0.25, -0.2) is 0 Å². The maximum Gasteiger partial charge on any atom is 0.119 e. The summed E-state index contributed by atoms with van der Waals surface area (Å²) in [6, 6.07) is 8.47. The number of ether oxygens (including phenoxy) is 1. The third kappa shape index (κ3) is 1.69. The van der Waals surface area contributed by atoms with Gasteiger partial charge in [0.2, 0.25) is 0 Å². The zero-order valence-corrected chi connectivity index (χ0v) is 8.29. The van der Waals surface area contributed by atoms with Gasteiger partial charge in [0.25, 0.3) is 0 Å². The van der Waals surface area contributed by atoms with E-state index in [1.807, 2.05) is 6.07 Å². The second kappa shape index (κ2) is 3.41. The molecule has 1 aliphatic carbocycles. The van der Waals surface area contributed by atoms with E-state index in [1.165, 1.54) is 18.4 Å². The molecule has 0 heterocycles. The van der Waals surface area contributed by atoms with E-state index in [0.717, 1.165) is 17.6 Å². The van der Waals surface area contributed by atoms with E-state index in [1.54, 1.807) is 7.11 Å². The smallest absolute Gasteiger partial charge is 0.119 e. The molecule has 0 aromatic heterocycles. The Labute approximate surface area is 79.7 Å². The number of methoxy groups -OCH3 is 1. The molecular formula is C12H16O. The van der Waals surface area contributed by atoms with Gasteiger partial charge in [-0.1, -0.05) is 25.5 Å². The van der Waals surface area contributed by atoms with E-state index >= 15 is 0 Å². The average Bonchev–Trinajstić information content (AvgIpc) is 2.97. The van der Waals surface area contributed by atoms with Gasteiger partial charge in [-0.15, -0.1) is 0 Å². The first-order valence-electron chi connectivity index (χ1n) is 4.99. The SMILES string of the molecule is CC[C@H]1C[C@H]1c1cccc(OC)c1. The first kappa shape index (κ1) is 8.61. The van der Waals surface area contributed by atoms with Gasteiger partial charge in [0.15, 0.2) is 0 Å². The second-order valence-electron chi connectivity index (χ2n) is 3.79. The van der Waals surface area contributed by atoms with Crippen LogP contribution in [-0.2, 0) is 0 Å². The summed E-state index contributed by atoms with van der Waals surface area (Å²) >= 11 is 0. The van der Waals surface area contributed by atoms with Crippen molar-refractivity contribution < 1.29 is 4.74 Å². The van der Waals surface area contributed by atoms with Gasteiger partial charge >= 0.3 is 0 Å². The first-order chi connectivity index (χ1) is 6.35. The predicted octanol–water partition coefficient (Wildman–Crippen LogP) is 3.21. The van der Waals surface area contributed by atoms with Crippen LogP contribution in [0.25, 0.3) is 0 Å². The number of hydrogen-bond acceptors (Lipinski definition) is 1. The molecule has 0 saturated heterocycles. The Kier molecular flexibility index (Phi) is 2.26. The Morgan fingerprint density at radius 2 is 2.31 bits per heavy atom. The van der Waals surface area contributed by atoms with Crippen molar-refractivity contribution in [3.8, 4) is 5.75 Å². The molecule has 1 nitrogen and oxygen atoms in total. The van der Waals surface area contributed by atoms with Crippen molar-refractivity contribution in [2.24, 2.45) is 5.92 Å². The average molecular weight is 176 g/mol. The molecule has 1 heteroatoms. The lowest BCUT2D eigenvalue weighted by molar-refractivity contribution is 0.414. The molecule has 1 fully saturated rings. The highest BCUT2D eigenvalue weighted by molar-refractivity contribution is 5.33. The van der Waals surface area contributed by atoms with Crippen LogP contribution in [0.2, 0.25) is 0 Å². The molecule has 2 atom stereocenters. The molecule has 0 unspecified atom stereocenters. The standard InChI is InChI=1S/C12H16O/c1-3-9-8-12(9)10-5-4-6-11(7-10)13-2/h4-7,9,12H,3,8H2,1-2H3/t9-,12+/m0/s1. The lowest BCUT2D eigenvalue weighted by Gasteiger charge is -2.02. The van der Waals surface area contributed by atoms with E-state index in [9.17, 15) is 0 Å². The third-order valence-electron chi connectivity index (χ3n) is 2.97. The highest BCUT2D eigenvalue weighted by atomic mass is 16.5. The molecule has 0 amide bonds. The summed E-state index contributed by atoms with van der Waals surface area (Å²) < 4.78 is 5.20. The Hall–Kier alpha value is -0.980. The largest absolute Gasteiger partial charge is 0.497 e. The highest BCUT2D eigenvalue weighted by Crippen LogP contribution is 2.49. The van der Waals surface area contributed by atoms with Crippen molar-refractivity contribution >= 4 is 0 Å². The minimum Gasteiger partial charge on any atom is -0.497 e. The van der Waals surface area contributed by atoms with Crippen molar-refractivity contribution in [1.29, 1.82) is 0 Å². The van der Waals surface area contributed by atoms with Gasteiger partial charge in [-0.3, -0.25) is 0 Å². The van der Waals surface area contributed by atoms with Crippen LogP contribution in [0.4, 0.5) is 0 Å². The van der Waals surface area contributed by atoms with Crippen LogP contribution in [0.1, 0.15) is 31.2 Å². The summed E-state index contributed by atoms with van der Waals surface area (Å²) in [6.45, 7) is 2.27. The minimum atomic E-state index is 0.806. The van der Waals surface area contributed by atoms with Crippen molar-refractivity contribution in [2.45, 2.75) is 25.7 Å². The molecule has 70 valence electrons. The van der Waals surface area contributed by atoms with Gasteiger partial charge in [-0.2, -0.15) is 0 Å². The van der Waals surface area contributed by atoms with E-state index in [0.29, 0.717) is 0 Å². The van der Waals surface area contributed by atoms with Crippen LogP contribution >= 0.6 is 0 Å². The molecule has 1 aromatic rings. The van der Waals surface area contributed by atoms with E-state index in [4.69, 9.17) is 4.74 Å². The predicted molar refractivity (Wildman–Crippen MR) is 54.1 cm³/mol. The Bertz CT molecular complexity index is 293. The summed E-state index contributed by atoms with van der Waals surface area (Å²) in [5, 5.41) is 0. The maximum atomic E-state index is 5.20. The molecule has 2 rings (SSSR count). The number of hydrogen-bond donors (Lipinski definition) is 0. The van der Waals surface area contributed by atoms with Crippen LogP contribution in [0, 0.1) is 5.92 Å². The van der Waals surface area contributed by atoms with Crippen molar-refractivity contribution in [3.63, 3.8) is 0 Å². The summed E-state index contributed by atoms with van der Waals surface area (Å²) in [7, 11) is 1.73. The fourth-order valence-corrected chi connectivity index (χ4v) is 1.98. The number of rotatable bonds is 3. The van der Waals surface area contributed by atoms with Crippen LogP contribution in [-0.4, -0.2) is 7.11 Å². The maximum absolute atomic E-state index is 5.20. The van der Waals surface area contributed by atoms with E-state index < -0.39 is 0 Å². The van der Waals surface area contributed by atoms with Gasteiger partial charge in [-0.05, 0) is 36.0 Å². The van der Waals surface area contributed by atoms with Crippen LogP contribution in [0.3, 0.4) is 0 Å². The zero-order valence-electron chi connectivity index (χ0n) is 8.29. The van der Waals surface area contributed by atoms with Crippen LogP contribution in [0.15, 0.2) is 24.3 Å². The minimum absolute atomic E-state index is 0.806. The van der Waals surface area contributed by atoms with Gasteiger partial charge in [0, 0.05) is 0 Å². The second-order valence-corrected chi connectivity index (χ2v) is 3.79.